The molecule has 9 heteroatoms. The van der Waals surface area contributed by atoms with E-state index >= 15 is 0 Å². The number of H-pyrrole nitrogens is 1. The number of hydrogen-bond acceptors (Lipinski definition) is 6. The van der Waals surface area contributed by atoms with Gasteiger partial charge in [0.1, 0.15) is 0 Å². The van der Waals surface area contributed by atoms with Crippen molar-refractivity contribution < 1.29 is 8.42 Å². The van der Waals surface area contributed by atoms with Gasteiger partial charge in [0.15, 0.2) is 5.13 Å². The zero-order valence-corrected chi connectivity index (χ0v) is 17.1. The maximum atomic E-state index is 12.7. The Morgan fingerprint density at radius 3 is 2.54 bits per heavy atom. The minimum atomic E-state index is -3.58. The monoisotopic (exact) mass is 415 g/mol. The second kappa shape index (κ2) is 7.50. The van der Waals surface area contributed by atoms with Gasteiger partial charge in [0.25, 0.3) is 10.0 Å². The predicted octanol–water partition coefficient (Wildman–Crippen LogP) is 2.75. The third-order valence-electron chi connectivity index (χ3n) is 4.70. The molecule has 1 N–H and O–H groups in total. The molecule has 0 bridgehead atoms. The van der Waals surface area contributed by atoms with E-state index in [0.29, 0.717) is 26.2 Å². The maximum absolute atomic E-state index is 12.7. The number of aryl methyl sites for hydroxylation is 1. The van der Waals surface area contributed by atoms with Crippen LogP contribution in [0.4, 0.5) is 5.13 Å². The summed E-state index contributed by atoms with van der Waals surface area (Å²) in [6.45, 7) is 7.92. The molecule has 0 spiro atoms. The van der Waals surface area contributed by atoms with Gasteiger partial charge in [-0.25, -0.2) is 18.4 Å². The van der Waals surface area contributed by atoms with Gasteiger partial charge in [-0.2, -0.15) is 4.31 Å². The Labute approximate surface area is 168 Å². The van der Waals surface area contributed by atoms with Crippen LogP contribution in [0.5, 0.6) is 0 Å². The number of sulfonamides is 1. The van der Waals surface area contributed by atoms with E-state index in [1.54, 1.807) is 18.3 Å². The molecule has 0 saturated carbocycles. The largest absolute Gasteiger partial charge is 0.345 e. The van der Waals surface area contributed by atoms with Gasteiger partial charge in [-0.15, -0.1) is 11.3 Å². The Kier molecular flexibility index (Phi) is 5.05. The second-order valence-corrected chi connectivity index (χ2v) is 9.31. The average molecular weight is 416 g/mol. The molecule has 0 radical (unpaired) electrons. The highest BCUT2D eigenvalue weighted by atomic mass is 32.2. The molecule has 2 aromatic heterocycles. The van der Waals surface area contributed by atoms with E-state index in [0.717, 1.165) is 27.7 Å². The SMILES string of the molecule is C=C(c1ccccc1)c1csc(N2CCN(S(=O)(=O)c3ncc(C)[nH]3)CC2)n1. The molecule has 28 heavy (non-hydrogen) atoms. The fourth-order valence-electron chi connectivity index (χ4n) is 3.10. The van der Waals surface area contributed by atoms with Gasteiger partial charge in [-0.05, 0) is 12.5 Å². The zero-order chi connectivity index (χ0) is 19.7. The maximum Gasteiger partial charge on any atom is 0.276 e. The van der Waals surface area contributed by atoms with Crippen LogP contribution in [0, 0.1) is 6.92 Å². The molecule has 0 atom stereocenters. The number of hydrogen-bond donors (Lipinski definition) is 1. The zero-order valence-electron chi connectivity index (χ0n) is 15.5. The summed E-state index contributed by atoms with van der Waals surface area (Å²) in [5.74, 6) is 0. The second-order valence-electron chi connectivity index (χ2n) is 6.62. The van der Waals surface area contributed by atoms with Crippen molar-refractivity contribution in [2.45, 2.75) is 12.1 Å². The highest BCUT2D eigenvalue weighted by Crippen LogP contribution is 2.28. The van der Waals surface area contributed by atoms with Crippen molar-refractivity contribution in [3.63, 3.8) is 0 Å². The lowest BCUT2D eigenvalue weighted by Gasteiger charge is -2.33. The van der Waals surface area contributed by atoms with E-state index < -0.39 is 10.0 Å². The fraction of sp³-hybridized carbons (Fsp3) is 0.263. The lowest BCUT2D eigenvalue weighted by molar-refractivity contribution is 0.382. The lowest BCUT2D eigenvalue weighted by Crippen LogP contribution is -2.48. The van der Waals surface area contributed by atoms with E-state index in [1.165, 1.54) is 10.5 Å². The predicted molar refractivity (Wildman–Crippen MR) is 111 cm³/mol. The number of imidazole rings is 1. The molecule has 0 amide bonds. The quantitative estimate of drug-likeness (QED) is 0.693. The third kappa shape index (κ3) is 3.60. The van der Waals surface area contributed by atoms with Crippen molar-refractivity contribution >= 4 is 32.1 Å². The van der Waals surface area contributed by atoms with Crippen LogP contribution in [0.2, 0.25) is 0 Å². The van der Waals surface area contributed by atoms with E-state index in [-0.39, 0.29) is 5.16 Å². The smallest absolute Gasteiger partial charge is 0.276 e. The van der Waals surface area contributed by atoms with Crippen LogP contribution in [-0.4, -0.2) is 53.9 Å². The third-order valence-corrected chi connectivity index (χ3v) is 7.34. The van der Waals surface area contributed by atoms with Crippen molar-refractivity contribution in [2.24, 2.45) is 0 Å². The van der Waals surface area contributed by atoms with Crippen molar-refractivity contribution in [3.05, 3.63) is 65.4 Å². The highest BCUT2D eigenvalue weighted by Gasteiger charge is 2.31. The average Bonchev–Trinajstić information content (AvgIpc) is 3.38. The molecule has 1 aromatic carbocycles. The summed E-state index contributed by atoms with van der Waals surface area (Å²) in [5, 5.41) is 2.89. The number of aromatic amines is 1. The molecule has 3 aromatic rings. The minimum Gasteiger partial charge on any atom is -0.345 e. The van der Waals surface area contributed by atoms with Crippen molar-refractivity contribution in [2.75, 3.05) is 31.1 Å². The van der Waals surface area contributed by atoms with Crippen molar-refractivity contribution in [1.29, 1.82) is 0 Å². The molecule has 7 nitrogen and oxygen atoms in total. The van der Waals surface area contributed by atoms with Gasteiger partial charge < -0.3 is 9.88 Å². The van der Waals surface area contributed by atoms with Gasteiger partial charge in [0.05, 0.1) is 5.69 Å². The van der Waals surface area contributed by atoms with Crippen LogP contribution >= 0.6 is 11.3 Å². The molecule has 1 saturated heterocycles. The van der Waals surface area contributed by atoms with Crippen molar-refractivity contribution in [1.82, 2.24) is 19.3 Å². The first-order valence-electron chi connectivity index (χ1n) is 8.92. The Bertz CT molecular complexity index is 1080. The summed E-state index contributed by atoms with van der Waals surface area (Å²) in [7, 11) is -3.58. The number of anilines is 1. The highest BCUT2D eigenvalue weighted by molar-refractivity contribution is 7.89. The molecule has 1 aliphatic rings. The van der Waals surface area contributed by atoms with E-state index in [2.05, 4.69) is 21.4 Å². The van der Waals surface area contributed by atoms with E-state index in [1.807, 2.05) is 35.7 Å². The van der Waals surface area contributed by atoms with Gasteiger partial charge in [-0.3, -0.25) is 0 Å². The van der Waals surface area contributed by atoms with Gasteiger partial charge >= 0.3 is 0 Å². The van der Waals surface area contributed by atoms with Crippen molar-refractivity contribution in [3.8, 4) is 0 Å². The Balaban J connectivity index is 1.43. The number of benzene rings is 1. The molecule has 146 valence electrons. The number of nitrogens with one attached hydrogen (secondary N) is 1. The first-order valence-corrected chi connectivity index (χ1v) is 11.2. The first kappa shape index (κ1) is 18.9. The normalized spacial score (nSPS) is 15.7. The molecule has 0 aliphatic carbocycles. The lowest BCUT2D eigenvalue weighted by atomic mass is 10.1. The van der Waals surface area contributed by atoms with Crippen LogP contribution in [-0.2, 0) is 10.0 Å². The molecule has 0 unspecified atom stereocenters. The minimum absolute atomic E-state index is 0.00847. The van der Waals surface area contributed by atoms with Crippen LogP contribution in [0.25, 0.3) is 5.57 Å². The van der Waals surface area contributed by atoms with E-state index in [9.17, 15) is 8.42 Å². The topological polar surface area (TPSA) is 82.2 Å². The summed E-state index contributed by atoms with van der Waals surface area (Å²) in [4.78, 5) is 13.6. The van der Waals surface area contributed by atoms with Gasteiger partial charge in [0, 0.05) is 49.0 Å². The molecule has 4 rings (SSSR count). The van der Waals surface area contributed by atoms with Gasteiger partial charge in [0.2, 0.25) is 5.16 Å². The van der Waals surface area contributed by atoms with Gasteiger partial charge in [-0.1, -0.05) is 36.9 Å². The fourth-order valence-corrected chi connectivity index (χ4v) is 5.36. The first-order chi connectivity index (χ1) is 13.4. The van der Waals surface area contributed by atoms with Crippen LogP contribution in [0.3, 0.4) is 0 Å². The Morgan fingerprint density at radius 1 is 1.18 bits per heavy atom. The molecule has 1 aliphatic heterocycles. The summed E-state index contributed by atoms with van der Waals surface area (Å²) < 4.78 is 26.8. The number of rotatable bonds is 5. The molecule has 3 heterocycles. The molecular weight excluding hydrogens is 394 g/mol. The number of thiazole rings is 1. The molecular formula is C19H21N5O2S2. The van der Waals surface area contributed by atoms with Crippen LogP contribution in [0.15, 0.2) is 53.6 Å². The summed E-state index contributed by atoms with van der Waals surface area (Å²) >= 11 is 1.56. The number of aromatic nitrogens is 3. The van der Waals surface area contributed by atoms with E-state index in [4.69, 9.17) is 4.98 Å². The summed E-state index contributed by atoms with van der Waals surface area (Å²) in [6.07, 6.45) is 1.53. The number of piperazine rings is 1. The molecule has 1 fully saturated rings. The Morgan fingerprint density at radius 2 is 1.89 bits per heavy atom. The Hall–Kier alpha value is -2.49. The van der Waals surface area contributed by atoms with Crippen LogP contribution in [0.1, 0.15) is 17.0 Å². The standard InChI is InChI=1S/C19H21N5O2S2/c1-14-12-20-18(21-14)28(25,26)24-10-8-23(9-11-24)19-22-17(13-27-19)15(2)16-6-4-3-5-7-16/h3-7,12-13H,2,8-11H2,1H3,(H,20,21). The summed E-state index contributed by atoms with van der Waals surface area (Å²) in [6, 6.07) is 9.96. The summed E-state index contributed by atoms with van der Waals surface area (Å²) in [5.41, 5.74) is 3.51. The van der Waals surface area contributed by atoms with Crippen LogP contribution < -0.4 is 4.90 Å². The number of nitrogens with zero attached hydrogens (tertiary/aromatic N) is 4.